The van der Waals surface area contributed by atoms with Gasteiger partial charge in [-0.25, -0.2) is 0 Å². The van der Waals surface area contributed by atoms with Gasteiger partial charge in [-0.1, -0.05) is 42.5 Å². The molecule has 1 saturated heterocycles. The van der Waals surface area contributed by atoms with Crippen molar-refractivity contribution in [2.24, 2.45) is 0 Å². The highest BCUT2D eigenvalue weighted by Gasteiger charge is 2.36. The molecule has 2 atom stereocenters. The fourth-order valence-electron chi connectivity index (χ4n) is 2.88. The molecule has 1 heterocycles. The molecule has 0 aromatic heterocycles. The smallest absolute Gasteiger partial charge is 0.416 e. The van der Waals surface area contributed by atoms with Crippen LogP contribution in [0.1, 0.15) is 44.1 Å². The van der Waals surface area contributed by atoms with Gasteiger partial charge in [0.25, 0.3) is 0 Å². The molecule has 1 aliphatic heterocycles. The number of unbranched alkanes of at least 4 members (excludes halogenated alkanes) is 1. The van der Waals surface area contributed by atoms with Gasteiger partial charge < -0.3 is 14.2 Å². The molecule has 31 heavy (non-hydrogen) atoms. The fourth-order valence-corrected chi connectivity index (χ4v) is 2.88. The maximum atomic E-state index is 12.7. The number of benzene rings is 1. The molecule has 1 fully saturated rings. The highest BCUT2D eigenvalue weighted by Crippen LogP contribution is 2.31. The van der Waals surface area contributed by atoms with Crippen LogP contribution in [-0.2, 0) is 20.4 Å². The van der Waals surface area contributed by atoms with E-state index in [4.69, 9.17) is 9.47 Å². The first kappa shape index (κ1) is 24.7. The molecule has 2 unspecified atom stereocenters. The van der Waals surface area contributed by atoms with E-state index in [9.17, 15) is 18.0 Å². The molecule has 0 bridgehead atoms. The van der Waals surface area contributed by atoms with Gasteiger partial charge in [0.2, 0.25) is 0 Å². The average Bonchev–Trinajstić information content (AvgIpc) is 3.49. The topological polar surface area (TPSA) is 48.1 Å². The lowest BCUT2D eigenvalue weighted by Crippen LogP contribution is -2.05. The van der Waals surface area contributed by atoms with Crippen LogP contribution in [0.4, 0.5) is 13.2 Å². The van der Waals surface area contributed by atoms with Crippen LogP contribution in [0.3, 0.4) is 0 Å². The average molecular weight is 438 g/mol. The summed E-state index contributed by atoms with van der Waals surface area (Å²) in [6, 6.07) is 4.86. The molecule has 4 nitrogen and oxygen atoms in total. The zero-order valence-electron chi connectivity index (χ0n) is 17.6. The number of epoxide rings is 1. The van der Waals surface area contributed by atoms with E-state index in [0.29, 0.717) is 6.42 Å². The highest BCUT2D eigenvalue weighted by atomic mass is 19.4. The van der Waals surface area contributed by atoms with Gasteiger partial charge in [-0.2, -0.15) is 13.2 Å². The Morgan fingerprint density at radius 3 is 2.48 bits per heavy atom. The molecular weight excluding hydrogens is 409 g/mol. The number of hydrogen-bond donors (Lipinski definition) is 0. The number of methoxy groups -OCH3 is 1. The van der Waals surface area contributed by atoms with Crippen LogP contribution in [-0.4, -0.2) is 31.9 Å². The van der Waals surface area contributed by atoms with Gasteiger partial charge in [0.15, 0.2) is 0 Å². The SMILES string of the molecule is COC(=O)CCC/C=C/C/C=C/CC1OC1C/C=C/COc1cccc(C(F)(F)F)c1. The molecule has 0 saturated carbocycles. The molecule has 0 radical (unpaired) electrons. The molecule has 2 rings (SSSR count). The monoisotopic (exact) mass is 438 g/mol. The van der Waals surface area contributed by atoms with Gasteiger partial charge in [-0.15, -0.1) is 0 Å². The summed E-state index contributed by atoms with van der Waals surface area (Å²) in [6.45, 7) is 0.213. The third-order valence-electron chi connectivity index (χ3n) is 4.68. The first-order chi connectivity index (χ1) is 14.9. The minimum atomic E-state index is -4.37. The standard InChI is InChI=1S/C24H29F3O4/c1-29-23(28)16-8-6-4-2-3-5-7-14-21-22(31-21)15-9-10-17-30-20-13-11-12-19(18-20)24(25,26)27/h2,4-5,7,9-13,18,21-22H,3,6,8,14-17H2,1H3/b4-2+,7-5+,10-9+. The number of carbonyl (C=O) groups is 1. The Labute approximate surface area is 181 Å². The first-order valence-corrected chi connectivity index (χ1v) is 10.4. The van der Waals surface area contributed by atoms with E-state index in [1.807, 2.05) is 6.08 Å². The Bertz CT molecular complexity index is 768. The van der Waals surface area contributed by atoms with Crippen LogP contribution in [0.2, 0.25) is 0 Å². The zero-order chi connectivity index (χ0) is 22.5. The predicted octanol–water partition coefficient (Wildman–Crippen LogP) is 6.03. The van der Waals surface area contributed by atoms with E-state index in [-0.39, 0.29) is 30.5 Å². The number of alkyl halides is 3. The third kappa shape index (κ3) is 10.4. The van der Waals surface area contributed by atoms with Gasteiger partial charge in [0.1, 0.15) is 12.4 Å². The van der Waals surface area contributed by atoms with Crippen molar-refractivity contribution in [3.05, 3.63) is 66.3 Å². The van der Waals surface area contributed by atoms with E-state index < -0.39 is 11.7 Å². The zero-order valence-corrected chi connectivity index (χ0v) is 17.6. The predicted molar refractivity (Wildman–Crippen MR) is 113 cm³/mol. The van der Waals surface area contributed by atoms with Crippen molar-refractivity contribution in [2.45, 2.75) is 56.9 Å². The molecule has 1 aromatic carbocycles. The van der Waals surface area contributed by atoms with E-state index >= 15 is 0 Å². The molecule has 0 amide bonds. The van der Waals surface area contributed by atoms with Crippen molar-refractivity contribution in [3.8, 4) is 5.75 Å². The minimum Gasteiger partial charge on any atom is -0.490 e. The molecular formula is C24H29F3O4. The maximum absolute atomic E-state index is 12.7. The summed E-state index contributed by atoms with van der Waals surface area (Å²) in [4.78, 5) is 11.0. The summed E-state index contributed by atoms with van der Waals surface area (Å²) in [5.41, 5.74) is -0.717. The van der Waals surface area contributed by atoms with E-state index in [2.05, 4.69) is 29.0 Å². The molecule has 1 aromatic rings. The molecule has 7 heteroatoms. The van der Waals surface area contributed by atoms with Crippen molar-refractivity contribution in [1.29, 1.82) is 0 Å². The summed E-state index contributed by atoms with van der Waals surface area (Å²) in [5.74, 6) is 0.0213. The van der Waals surface area contributed by atoms with Gasteiger partial charge in [-0.3, -0.25) is 4.79 Å². The summed E-state index contributed by atoms with van der Waals surface area (Å²) in [5, 5.41) is 0. The van der Waals surface area contributed by atoms with Crippen LogP contribution in [0.25, 0.3) is 0 Å². The number of allylic oxidation sites excluding steroid dienone is 3. The number of ether oxygens (including phenoxy) is 3. The lowest BCUT2D eigenvalue weighted by atomic mass is 10.1. The normalized spacial score (nSPS) is 18.8. The summed E-state index contributed by atoms with van der Waals surface area (Å²) in [7, 11) is 1.40. The Kier molecular flexibility index (Phi) is 10.4. The quantitative estimate of drug-likeness (QED) is 0.163. The second-order valence-corrected chi connectivity index (χ2v) is 7.14. The maximum Gasteiger partial charge on any atom is 0.416 e. The van der Waals surface area contributed by atoms with Gasteiger partial charge in [0, 0.05) is 6.42 Å². The molecule has 170 valence electrons. The number of esters is 1. The lowest BCUT2D eigenvalue weighted by molar-refractivity contribution is -0.140. The number of hydrogen-bond acceptors (Lipinski definition) is 4. The van der Waals surface area contributed by atoms with Crippen molar-refractivity contribution in [1.82, 2.24) is 0 Å². The largest absolute Gasteiger partial charge is 0.490 e. The highest BCUT2D eigenvalue weighted by molar-refractivity contribution is 5.69. The molecule has 0 spiro atoms. The number of halogens is 3. The van der Waals surface area contributed by atoms with Gasteiger partial charge in [0.05, 0.1) is 24.9 Å². The second kappa shape index (κ2) is 13.0. The number of carbonyl (C=O) groups excluding carboxylic acids is 1. The molecule has 0 aliphatic carbocycles. The summed E-state index contributed by atoms with van der Waals surface area (Å²) < 4.78 is 53.5. The Balaban J connectivity index is 1.51. The second-order valence-electron chi connectivity index (χ2n) is 7.14. The third-order valence-corrected chi connectivity index (χ3v) is 4.68. The van der Waals surface area contributed by atoms with Crippen LogP contribution in [0.5, 0.6) is 5.75 Å². The van der Waals surface area contributed by atoms with E-state index in [1.165, 1.54) is 19.2 Å². The van der Waals surface area contributed by atoms with E-state index in [0.717, 1.165) is 44.2 Å². The van der Waals surface area contributed by atoms with Gasteiger partial charge >= 0.3 is 12.1 Å². The van der Waals surface area contributed by atoms with Crippen LogP contribution < -0.4 is 4.74 Å². The van der Waals surface area contributed by atoms with Crippen molar-refractivity contribution >= 4 is 5.97 Å². The minimum absolute atomic E-state index is 0.176. The lowest BCUT2D eigenvalue weighted by Gasteiger charge is -2.08. The Morgan fingerprint density at radius 2 is 1.77 bits per heavy atom. The molecule has 1 aliphatic rings. The van der Waals surface area contributed by atoms with Crippen LogP contribution in [0, 0.1) is 0 Å². The van der Waals surface area contributed by atoms with Crippen molar-refractivity contribution in [3.63, 3.8) is 0 Å². The first-order valence-electron chi connectivity index (χ1n) is 10.4. The van der Waals surface area contributed by atoms with Crippen molar-refractivity contribution < 1.29 is 32.2 Å². The van der Waals surface area contributed by atoms with Crippen molar-refractivity contribution in [2.75, 3.05) is 13.7 Å². The van der Waals surface area contributed by atoms with Crippen LogP contribution in [0.15, 0.2) is 60.7 Å². The van der Waals surface area contributed by atoms with E-state index in [1.54, 1.807) is 6.08 Å². The summed E-state index contributed by atoms with van der Waals surface area (Å²) >= 11 is 0. The summed E-state index contributed by atoms with van der Waals surface area (Å²) in [6.07, 6.45) is 12.6. The number of rotatable bonds is 13. The van der Waals surface area contributed by atoms with Gasteiger partial charge in [-0.05, 0) is 50.3 Å². The van der Waals surface area contributed by atoms with Crippen LogP contribution >= 0.6 is 0 Å². The molecule has 0 N–H and O–H groups in total. The fraction of sp³-hybridized carbons (Fsp3) is 0.458. The Hall–Kier alpha value is -2.54. The Morgan fingerprint density at radius 1 is 1.06 bits per heavy atom.